The van der Waals surface area contributed by atoms with E-state index in [1.807, 2.05) is 38.1 Å². The molecule has 2 aromatic rings. The number of rotatable bonds is 12. The molecule has 2 rings (SSSR count). The average molecular weight is 399 g/mol. The van der Waals surface area contributed by atoms with Crippen molar-refractivity contribution in [2.75, 3.05) is 26.4 Å². The molecule has 4 heteroatoms. The highest BCUT2D eigenvalue weighted by molar-refractivity contribution is 5.86. The Labute approximate surface area is 174 Å². The predicted molar refractivity (Wildman–Crippen MR) is 120 cm³/mol. The summed E-state index contributed by atoms with van der Waals surface area (Å²) < 4.78 is 11.4. The molecule has 0 fully saturated rings. The van der Waals surface area contributed by atoms with Gasteiger partial charge in [-0.1, -0.05) is 55.7 Å². The molecule has 0 unspecified atom stereocenters. The summed E-state index contributed by atoms with van der Waals surface area (Å²) in [7, 11) is 0. The summed E-state index contributed by atoms with van der Waals surface area (Å²) >= 11 is 0. The highest BCUT2D eigenvalue weighted by atomic mass is 16.5. The first kappa shape index (κ1) is 23.0. The monoisotopic (exact) mass is 398 g/mol. The Kier molecular flexibility index (Phi) is 9.23. The van der Waals surface area contributed by atoms with Crippen LogP contribution in [0.5, 0.6) is 11.5 Å². The van der Waals surface area contributed by atoms with Gasteiger partial charge < -0.3 is 19.7 Å². The number of aliphatic hydroxyl groups excluding tert-OH is 1. The molecule has 0 aromatic heterocycles. The lowest BCUT2D eigenvalue weighted by Crippen LogP contribution is -2.10. The number of phenols is 1. The number of allylic oxidation sites excluding steroid dienone is 1. The third kappa shape index (κ3) is 6.62. The molecular formula is C25H34O4. The van der Waals surface area contributed by atoms with Gasteiger partial charge in [0.15, 0.2) is 0 Å². The van der Waals surface area contributed by atoms with Gasteiger partial charge in [0.25, 0.3) is 0 Å². The summed E-state index contributed by atoms with van der Waals surface area (Å²) in [5.74, 6) is 0.871. The fourth-order valence-electron chi connectivity index (χ4n) is 3.38. The van der Waals surface area contributed by atoms with Crippen LogP contribution >= 0.6 is 0 Å². The second-order valence-corrected chi connectivity index (χ2v) is 7.46. The zero-order valence-corrected chi connectivity index (χ0v) is 18.0. The second kappa shape index (κ2) is 11.6. The fraction of sp³-hybridized carbons (Fsp3) is 0.440. The van der Waals surface area contributed by atoms with Crippen molar-refractivity contribution in [1.82, 2.24) is 0 Å². The molecule has 4 nitrogen and oxygen atoms in total. The zero-order chi connectivity index (χ0) is 21.2. The van der Waals surface area contributed by atoms with Crippen LogP contribution in [0.2, 0.25) is 0 Å². The van der Waals surface area contributed by atoms with Crippen LogP contribution in [0.15, 0.2) is 36.9 Å². The molecule has 2 N–H and O–H groups in total. The van der Waals surface area contributed by atoms with Gasteiger partial charge >= 0.3 is 0 Å². The minimum absolute atomic E-state index is 0.00971. The van der Waals surface area contributed by atoms with Gasteiger partial charge in [0.2, 0.25) is 0 Å². The highest BCUT2D eigenvalue weighted by Crippen LogP contribution is 2.42. The van der Waals surface area contributed by atoms with Crippen LogP contribution in [-0.2, 0) is 11.2 Å². The van der Waals surface area contributed by atoms with Gasteiger partial charge in [-0.15, -0.1) is 0 Å². The number of aliphatic hydroxyl groups is 1. The average Bonchev–Trinajstić information content (AvgIpc) is 2.67. The first-order chi connectivity index (χ1) is 14.0. The molecule has 158 valence electrons. The molecule has 0 amide bonds. The van der Waals surface area contributed by atoms with Crippen molar-refractivity contribution in [1.29, 1.82) is 0 Å². The van der Waals surface area contributed by atoms with Crippen LogP contribution in [0.3, 0.4) is 0 Å². The molecule has 2 aromatic carbocycles. The Morgan fingerprint density at radius 2 is 1.86 bits per heavy atom. The number of hydrogen-bond donors (Lipinski definition) is 2. The Balaban J connectivity index is 2.43. The first-order valence-electron chi connectivity index (χ1n) is 10.4. The Morgan fingerprint density at radius 3 is 2.55 bits per heavy atom. The molecule has 0 radical (unpaired) electrons. The largest absolute Gasteiger partial charge is 0.507 e. The molecular weight excluding hydrogens is 364 g/mol. The number of unbranched alkanes of at least 4 members (excludes halogenated alkanes) is 2. The fourth-order valence-corrected chi connectivity index (χ4v) is 3.38. The molecule has 0 heterocycles. The Morgan fingerprint density at radius 1 is 1.07 bits per heavy atom. The van der Waals surface area contributed by atoms with Gasteiger partial charge in [0.1, 0.15) is 18.1 Å². The number of aryl methyl sites for hydroxylation is 2. The van der Waals surface area contributed by atoms with Crippen molar-refractivity contribution in [3.8, 4) is 22.6 Å². The highest BCUT2D eigenvalue weighted by Gasteiger charge is 2.18. The van der Waals surface area contributed by atoms with Crippen molar-refractivity contribution in [3.63, 3.8) is 0 Å². The van der Waals surface area contributed by atoms with E-state index >= 15 is 0 Å². The minimum atomic E-state index is -0.00971. The van der Waals surface area contributed by atoms with E-state index in [-0.39, 0.29) is 19.0 Å². The molecule has 29 heavy (non-hydrogen) atoms. The normalized spacial score (nSPS) is 10.9. The zero-order valence-electron chi connectivity index (χ0n) is 18.0. The summed E-state index contributed by atoms with van der Waals surface area (Å²) in [5.41, 5.74) is 5.70. The molecule has 0 saturated carbocycles. The van der Waals surface area contributed by atoms with E-state index in [1.54, 1.807) is 0 Å². The van der Waals surface area contributed by atoms with Crippen LogP contribution in [0.25, 0.3) is 16.7 Å². The first-order valence-corrected chi connectivity index (χ1v) is 10.4. The summed E-state index contributed by atoms with van der Waals surface area (Å²) in [4.78, 5) is 0. The van der Waals surface area contributed by atoms with Crippen molar-refractivity contribution in [2.24, 2.45) is 0 Å². The van der Waals surface area contributed by atoms with E-state index in [0.717, 1.165) is 53.5 Å². The molecule has 0 aliphatic heterocycles. The predicted octanol–water partition coefficient (Wildman–Crippen LogP) is 5.52. The van der Waals surface area contributed by atoms with Gasteiger partial charge in [0.05, 0.1) is 25.4 Å². The van der Waals surface area contributed by atoms with E-state index < -0.39 is 0 Å². The van der Waals surface area contributed by atoms with Crippen LogP contribution < -0.4 is 4.74 Å². The molecule has 0 aliphatic rings. The van der Waals surface area contributed by atoms with E-state index in [4.69, 9.17) is 14.6 Å². The SMILES string of the molecule is C=C(C)c1ccc(C)cc1-c1c(O)cc(CCCCC)cc1OCCOCCO. The van der Waals surface area contributed by atoms with Gasteiger partial charge in [-0.2, -0.15) is 0 Å². The summed E-state index contributed by atoms with van der Waals surface area (Å²) in [5, 5.41) is 19.8. The lowest BCUT2D eigenvalue weighted by molar-refractivity contribution is 0.0706. The lowest BCUT2D eigenvalue weighted by Gasteiger charge is -2.18. The van der Waals surface area contributed by atoms with Crippen molar-refractivity contribution < 1.29 is 19.7 Å². The molecule has 0 saturated heterocycles. The van der Waals surface area contributed by atoms with E-state index in [9.17, 15) is 5.11 Å². The molecule has 0 bridgehead atoms. The molecule has 0 atom stereocenters. The third-order valence-electron chi connectivity index (χ3n) is 4.84. The van der Waals surface area contributed by atoms with Crippen LogP contribution in [-0.4, -0.2) is 36.6 Å². The van der Waals surface area contributed by atoms with Crippen LogP contribution in [0.4, 0.5) is 0 Å². The lowest BCUT2D eigenvalue weighted by atomic mass is 9.91. The molecule has 0 aliphatic carbocycles. The summed E-state index contributed by atoms with van der Waals surface area (Å²) in [6, 6.07) is 10.0. The van der Waals surface area contributed by atoms with Gasteiger partial charge in [-0.25, -0.2) is 0 Å². The van der Waals surface area contributed by atoms with E-state index in [2.05, 4.69) is 19.6 Å². The van der Waals surface area contributed by atoms with Crippen molar-refractivity contribution in [3.05, 3.63) is 53.6 Å². The maximum absolute atomic E-state index is 10.9. The topological polar surface area (TPSA) is 58.9 Å². The standard InChI is InChI=1S/C25H34O4/c1-5-6-7-8-20-16-23(27)25(24(17-20)29-14-13-28-12-11-26)22-15-19(4)9-10-21(22)18(2)3/h9-10,15-17,26-27H,2,5-8,11-14H2,1,3-4H3. The van der Waals surface area contributed by atoms with E-state index in [1.165, 1.54) is 0 Å². The minimum Gasteiger partial charge on any atom is -0.507 e. The van der Waals surface area contributed by atoms with Gasteiger partial charge in [-0.3, -0.25) is 0 Å². The third-order valence-corrected chi connectivity index (χ3v) is 4.84. The van der Waals surface area contributed by atoms with Crippen LogP contribution in [0.1, 0.15) is 49.8 Å². The number of benzene rings is 2. The maximum atomic E-state index is 10.9. The Hall–Kier alpha value is -2.30. The van der Waals surface area contributed by atoms with Crippen molar-refractivity contribution in [2.45, 2.75) is 46.5 Å². The number of phenolic OH excluding ortho intramolecular Hbond substituents is 1. The maximum Gasteiger partial charge on any atom is 0.131 e. The number of aromatic hydroxyl groups is 1. The van der Waals surface area contributed by atoms with Gasteiger partial charge in [0, 0.05) is 0 Å². The number of ether oxygens (including phenoxy) is 2. The van der Waals surface area contributed by atoms with Crippen molar-refractivity contribution >= 4 is 5.57 Å². The van der Waals surface area contributed by atoms with Gasteiger partial charge in [-0.05, 0) is 55.5 Å². The molecule has 0 spiro atoms. The van der Waals surface area contributed by atoms with Crippen LogP contribution in [0, 0.1) is 6.92 Å². The van der Waals surface area contributed by atoms with E-state index in [0.29, 0.717) is 24.5 Å². The summed E-state index contributed by atoms with van der Waals surface area (Å²) in [6.07, 6.45) is 4.29. The Bertz CT molecular complexity index is 811. The smallest absolute Gasteiger partial charge is 0.131 e. The second-order valence-electron chi connectivity index (χ2n) is 7.46. The number of hydrogen-bond acceptors (Lipinski definition) is 4. The quantitative estimate of drug-likeness (QED) is 0.462. The summed E-state index contributed by atoms with van der Waals surface area (Å²) in [6.45, 7) is 11.3.